The van der Waals surface area contributed by atoms with E-state index < -0.39 is 32.6 Å². The van der Waals surface area contributed by atoms with Gasteiger partial charge < -0.3 is 9.32 Å². The van der Waals surface area contributed by atoms with Gasteiger partial charge in [0.15, 0.2) is 4.90 Å². The van der Waals surface area contributed by atoms with Crippen molar-refractivity contribution in [1.82, 2.24) is 9.62 Å². The Kier molecular flexibility index (Phi) is 6.54. The fraction of sp³-hybridized carbons (Fsp3) is 0.273. The molecule has 32 heavy (non-hydrogen) atoms. The molecule has 0 radical (unpaired) electrons. The number of hydrogen-bond donors (Lipinski definition) is 1. The van der Waals surface area contributed by atoms with E-state index in [0.717, 1.165) is 23.9 Å². The molecule has 0 bridgehead atoms. The Morgan fingerprint density at radius 3 is 2.16 bits per heavy atom. The summed E-state index contributed by atoms with van der Waals surface area (Å²) in [5.41, 5.74) is 0.899. The summed E-state index contributed by atoms with van der Waals surface area (Å²) in [7, 11) is -4.42. The summed E-state index contributed by atoms with van der Waals surface area (Å²) in [5.74, 6) is -2.07. The van der Waals surface area contributed by atoms with Crippen molar-refractivity contribution >= 4 is 15.7 Å². The fourth-order valence-electron chi connectivity index (χ4n) is 3.83. The predicted molar refractivity (Wildman–Crippen MR) is 113 cm³/mol. The number of nitrogens with zero attached hydrogens (tertiary/aromatic N) is 2. The maximum absolute atomic E-state index is 14.0. The first kappa shape index (κ1) is 22.4. The average Bonchev–Trinajstić information content (AvgIpc) is 3.29. The highest BCUT2D eigenvalue weighted by Gasteiger charge is 2.30. The zero-order valence-corrected chi connectivity index (χ0v) is 17.9. The van der Waals surface area contributed by atoms with Crippen LogP contribution in [-0.4, -0.2) is 46.0 Å². The molecule has 1 unspecified atom stereocenters. The van der Waals surface area contributed by atoms with Crippen LogP contribution in [-0.2, 0) is 10.0 Å². The summed E-state index contributed by atoms with van der Waals surface area (Å²) >= 11 is 0. The number of furan rings is 1. The van der Waals surface area contributed by atoms with E-state index in [0.29, 0.717) is 31.9 Å². The molecule has 1 aliphatic heterocycles. The third-order valence-electron chi connectivity index (χ3n) is 5.47. The molecule has 1 saturated heterocycles. The molecule has 3 aromatic rings. The van der Waals surface area contributed by atoms with E-state index in [1.165, 1.54) is 18.4 Å². The Morgan fingerprint density at radius 2 is 1.56 bits per heavy atom. The predicted octanol–water partition coefficient (Wildman–Crippen LogP) is 3.54. The second-order valence-corrected chi connectivity index (χ2v) is 9.14. The van der Waals surface area contributed by atoms with Crippen LogP contribution < -0.4 is 9.62 Å². The van der Waals surface area contributed by atoms with Gasteiger partial charge >= 0.3 is 0 Å². The molecule has 4 rings (SSSR count). The van der Waals surface area contributed by atoms with Gasteiger partial charge in [-0.05, 0) is 48.5 Å². The largest absolute Gasteiger partial charge is 0.468 e. The Labute approximate surface area is 184 Å². The highest BCUT2D eigenvalue weighted by Crippen LogP contribution is 2.26. The first-order valence-corrected chi connectivity index (χ1v) is 11.5. The van der Waals surface area contributed by atoms with E-state index in [1.807, 2.05) is 4.90 Å². The van der Waals surface area contributed by atoms with Gasteiger partial charge in [0.2, 0.25) is 10.0 Å². The fourth-order valence-corrected chi connectivity index (χ4v) is 5.01. The van der Waals surface area contributed by atoms with Gasteiger partial charge in [0, 0.05) is 38.4 Å². The van der Waals surface area contributed by atoms with Crippen LogP contribution in [0.15, 0.2) is 70.2 Å². The first-order chi connectivity index (χ1) is 15.3. The number of halogens is 3. The Bertz CT molecular complexity index is 1130. The van der Waals surface area contributed by atoms with Gasteiger partial charge in [-0.2, -0.15) is 0 Å². The lowest BCUT2D eigenvalue weighted by Gasteiger charge is -2.39. The van der Waals surface area contributed by atoms with Crippen LogP contribution in [0.2, 0.25) is 0 Å². The number of piperazine rings is 1. The molecule has 1 atom stereocenters. The van der Waals surface area contributed by atoms with Gasteiger partial charge in [0.25, 0.3) is 0 Å². The molecule has 0 aliphatic carbocycles. The molecule has 0 saturated carbocycles. The zero-order valence-electron chi connectivity index (χ0n) is 17.0. The molecule has 2 aromatic carbocycles. The molecule has 0 amide bonds. The van der Waals surface area contributed by atoms with Crippen LogP contribution in [0.1, 0.15) is 11.8 Å². The number of anilines is 1. The lowest BCUT2D eigenvalue weighted by atomic mass is 10.1. The molecule has 10 heteroatoms. The van der Waals surface area contributed by atoms with Crippen molar-refractivity contribution < 1.29 is 26.0 Å². The SMILES string of the molecule is O=S(=O)(NCC(c1ccco1)N1CCN(c2ccc(F)cc2)CC1)c1c(F)cccc1F. The number of rotatable bonds is 7. The molecular weight excluding hydrogens is 443 g/mol. The highest BCUT2D eigenvalue weighted by molar-refractivity contribution is 7.89. The monoisotopic (exact) mass is 465 g/mol. The van der Waals surface area contributed by atoms with Gasteiger partial charge in [-0.15, -0.1) is 0 Å². The van der Waals surface area contributed by atoms with Gasteiger partial charge in [-0.1, -0.05) is 6.07 Å². The van der Waals surface area contributed by atoms with E-state index in [4.69, 9.17) is 4.42 Å². The first-order valence-electron chi connectivity index (χ1n) is 10.1. The Morgan fingerprint density at radius 1 is 0.906 bits per heavy atom. The molecule has 1 aromatic heterocycles. The molecule has 2 heterocycles. The molecule has 170 valence electrons. The van der Waals surface area contributed by atoms with Gasteiger partial charge in [0.1, 0.15) is 23.2 Å². The number of sulfonamides is 1. The molecular formula is C22H22F3N3O3S. The topological polar surface area (TPSA) is 65.8 Å². The normalized spacial score (nSPS) is 16.3. The van der Waals surface area contributed by atoms with Crippen LogP contribution in [0, 0.1) is 17.5 Å². The molecule has 1 N–H and O–H groups in total. The second-order valence-electron chi connectivity index (χ2n) is 7.43. The van der Waals surface area contributed by atoms with Crippen molar-refractivity contribution in [3.05, 3.63) is 84.1 Å². The number of nitrogens with one attached hydrogen (secondary N) is 1. The van der Waals surface area contributed by atoms with Crippen LogP contribution in [0.25, 0.3) is 0 Å². The van der Waals surface area contributed by atoms with E-state index in [1.54, 1.807) is 24.3 Å². The Hall–Kier alpha value is -2.82. The summed E-state index contributed by atoms with van der Waals surface area (Å²) in [6.45, 7) is 2.31. The number of hydrogen-bond acceptors (Lipinski definition) is 5. The van der Waals surface area contributed by atoms with Crippen molar-refractivity contribution in [3.8, 4) is 0 Å². The van der Waals surface area contributed by atoms with Crippen LogP contribution in [0.4, 0.5) is 18.9 Å². The van der Waals surface area contributed by atoms with E-state index >= 15 is 0 Å². The summed E-state index contributed by atoms with van der Waals surface area (Å²) in [5, 5.41) is 0. The zero-order chi connectivity index (χ0) is 22.7. The standard InChI is InChI=1S/C22H22F3N3O3S/c23-16-6-8-17(9-7-16)27-10-12-28(13-11-27)20(21-5-2-14-31-21)15-26-32(29,30)22-18(24)3-1-4-19(22)25/h1-9,14,20,26H,10-13,15H2. The molecule has 0 spiro atoms. The van der Waals surface area contributed by atoms with E-state index in [2.05, 4.69) is 9.62 Å². The minimum atomic E-state index is -4.42. The summed E-state index contributed by atoms with van der Waals surface area (Å²) in [6.07, 6.45) is 1.49. The molecule has 1 fully saturated rings. The summed E-state index contributed by atoms with van der Waals surface area (Å²) < 4.78 is 74.3. The van der Waals surface area contributed by atoms with Crippen molar-refractivity contribution in [2.75, 3.05) is 37.6 Å². The maximum Gasteiger partial charge on any atom is 0.246 e. The van der Waals surface area contributed by atoms with Crippen LogP contribution in [0.5, 0.6) is 0 Å². The summed E-state index contributed by atoms with van der Waals surface area (Å²) in [6, 6.07) is 12.1. The third-order valence-corrected chi connectivity index (χ3v) is 6.95. The van der Waals surface area contributed by atoms with Gasteiger partial charge in [-0.3, -0.25) is 4.90 Å². The lowest BCUT2D eigenvalue weighted by molar-refractivity contribution is 0.166. The minimum absolute atomic E-state index is 0.125. The summed E-state index contributed by atoms with van der Waals surface area (Å²) in [4.78, 5) is 3.15. The van der Waals surface area contributed by atoms with E-state index in [-0.39, 0.29) is 12.4 Å². The smallest absolute Gasteiger partial charge is 0.246 e. The highest BCUT2D eigenvalue weighted by atomic mass is 32.2. The van der Waals surface area contributed by atoms with Crippen molar-refractivity contribution in [1.29, 1.82) is 0 Å². The van der Waals surface area contributed by atoms with Crippen LogP contribution >= 0.6 is 0 Å². The number of benzene rings is 2. The average molecular weight is 465 g/mol. The third kappa shape index (κ3) is 4.82. The Balaban J connectivity index is 1.48. The van der Waals surface area contributed by atoms with Crippen LogP contribution in [0.3, 0.4) is 0 Å². The molecule has 6 nitrogen and oxygen atoms in total. The second kappa shape index (κ2) is 9.35. The maximum atomic E-state index is 14.0. The van der Waals surface area contributed by atoms with Gasteiger partial charge in [-0.25, -0.2) is 26.3 Å². The molecule has 1 aliphatic rings. The minimum Gasteiger partial charge on any atom is -0.468 e. The quantitative estimate of drug-likeness (QED) is 0.578. The van der Waals surface area contributed by atoms with Crippen molar-refractivity contribution in [3.63, 3.8) is 0 Å². The van der Waals surface area contributed by atoms with E-state index in [9.17, 15) is 21.6 Å². The van der Waals surface area contributed by atoms with Gasteiger partial charge in [0.05, 0.1) is 12.3 Å². The van der Waals surface area contributed by atoms with Crippen molar-refractivity contribution in [2.45, 2.75) is 10.9 Å². The lowest BCUT2D eigenvalue weighted by Crippen LogP contribution is -2.49. The van der Waals surface area contributed by atoms with Crippen molar-refractivity contribution in [2.24, 2.45) is 0 Å².